The monoisotopic (exact) mass is 673 g/mol. The predicted molar refractivity (Wildman–Crippen MR) is 221 cm³/mol. The Bertz CT molecular complexity index is 3170. The van der Waals surface area contributed by atoms with Crippen molar-refractivity contribution in [2.75, 3.05) is 9.71 Å². The molecular weight excluding hydrogens is 645 g/mol. The highest BCUT2D eigenvalue weighted by molar-refractivity contribution is 6.95. The molecule has 0 amide bonds. The SMILES string of the molecule is c1ccc2c(c1)-c1cccc3c1B1c4c(cc(-n5c6ccccc6c6ccccc65)cc4N3c3cccc4c3oc3ccccc34)-c3ccccc3N12. The van der Waals surface area contributed by atoms with Gasteiger partial charge in [-0.25, -0.2) is 0 Å². The summed E-state index contributed by atoms with van der Waals surface area (Å²) in [6, 6.07) is 62.2. The van der Waals surface area contributed by atoms with Crippen molar-refractivity contribution >= 4 is 90.0 Å². The number of fused-ring (bicyclic) bond motifs is 12. The molecule has 0 radical (unpaired) electrons. The smallest absolute Gasteiger partial charge is 0.333 e. The standard InChI is InChI=1S/C48H28BN3O/c1-6-20-38-30(13-1)31-14-2-7-21-39(31)50(38)29-27-37-33-16-4-9-23-41(33)52-40-22-8-3-15-32(40)35-18-11-24-42-46(35)49(52)47(37)44(28-29)51(42)43-25-12-19-36-34-17-5-10-26-45(34)53-48(36)43/h1-28H. The number of para-hydroxylation sites is 6. The lowest BCUT2D eigenvalue weighted by Gasteiger charge is -2.49. The normalized spacial score (nSPS) is 13.5. The fraction of sp³-hybridized carbons (Fsp3) is 0. The zero-order valence-corrected chi connectivity index (χ0v) is 28.5. The van der Waals surface area contributed by atoms with Crippen LogP contribution in [0.5, 0.6) is 0 Å². The van der Waals surface area contributed by atoms with Gasteiger partial charge < -0.3 is 18.7 Å². The highest BCUT2D eigenvalue weighted by Gasteiger charge is 2.49. The van der Waals surface area contributed by atoms with Crippen molar-refractivity contribution in [1.29, 1.82) is 0 Å². The second-order valence-electron chi connectivity index (χ2n) is 14.4. The lowest BCUT2D eigenvalue weighted by molar-refractivity contribution is 0.669. The minimum Gasteiger partial charge on any atom is -0.454 e. The van der Waals surface area contributed by atoms with E-state index in [2.05, 4.69) is 184 Å². The molecule has 0 bridgehead atoms. The van der Waals surface area contributed by atoms with Gasteiger partial charge in [-0.15, -0.1) is 0 Å². The van der Waals surface area contributed by atoms with Crippen molar-refractivity contribution in [3.63, 3.8) is 0 Å². The van der Waals surface area contributed by atoms with Gasteiger partial charge in [0.2, 0.25) is 0 Å². The molecule has 8 aromatic carbocycles. The predicted octanol–water partition coefficient (Wildman–Crippen LogP) is 11.4. The Morgan fingerprint density at radius 3 is 1.72 bits per heavy atom. The fourth-order valence-electron chi connectivity index (χ4n) is 9.85. The molecule has 5 heterocycles. The summed E-state index contributed by atoms with van der Waals surface area (Å²) in [5.74, 6) is 0. The quantitative estimate of drug-likeness (QED) is 0.171. The van der Waals surface area contributed by atoms with Gasteiger partial charge in [0.25, 0.3) is 0 Å². The van der Waals surface area contributed by atoms with E-state index in [1.165, 1.54) is 77.7 Å². The molecule has 0 unspecified atom stereocenters. The minimum absolute atomic E-state index is 0.00525. The average Bonchev–Trinajstić information content (AvgIpc) is 3.77. The van der Waals surface area contributed by atoms with E-state index in [4.69, 9.17) is 4.42 Å². The third-order valence-corrected chi connectivity index (χ3v) is 11.9. The second kappa shape index (κ2) is 9.87. The molecule has 0 atom stereocenters. The number of nitrogens with zero attached hydrogens (tertiary/aromatic N) is 3. The third-order valence-electron chi connectivity index (χ3n) is 11.9. The number of benzene rings is 8. The van der Waals surface area contributed by atoms with Crippen LogP contribution in [-0.4, -0.2) is 11.4 Å². The summed E-state index contributed by atoms with van der Waals surface area (Å²) in [6.45, 7) is -0.00525. The molecule has 2 aromatic heterocycles. The van der Waals surface area contributed by atoms with Gasteiger partial charge in [0, 0.05) is 61.1 Å². The molecule has 0 spiro atoms. The Labute approximate surface area is 305 Å². The highest BCUT2D eigenvalue weighted by atomic mass is 16.3. The molecule has 0 fully saturated rings. The van der Waals surface area contributed by atoms with E-state index >= 15 is 0 Å². The van der Waals surface area contributed by atoms with E-state index in [1.807, 2.05) is 0 Å². The van der Waals surface area contributed by atoms with Gasteiger partial charge in [-0.1, -0.05) is 115 Å². The van der Waals surface area contributed by atoms with E-state index in [1.54, 1.807) is 0 Å². The van der Waals surface area contributed by atoms with E-state index < -0.39 is 0 Å². The Hall–Kier alpha value is -6.98. The van der Waals surface area contributed by atoms with E-state index in [9.17, 15) is 0 Å². The van der Waals surface area contributed by atoms with E-state index in [-0.39, 0.29) is 6.85 Å². The molecule has 4 nitrogen and oxygen atoms in total. The first-order valence-electron chi connectivity index (χ1n) is 18.3. The number of hydrogen-bond acceptors (Lipinski definition) is 3. The van der Waals surface area contributed by atoms with Gasteiger partial charge in [-0.3, -0.25) is 0 Å². The first kappa shape index (κ1) is 27.7. The van der Waals surface area contributed by atoms with Crippen LogP contribution in [0.2, 0.25) is 0 Å². The zero-order chi connectivity index (χ0) is 34.4. The molecule has 3 aliphatic heterocycles. The molecule has 0 saturated carbocycles. The van der Waals surface area contributed by atoms with E-state index in [0.29, 0.717) is 0 Å². The largest absolute Gasteiger partial charge is 0.454 e. The van der Waals surface area contributed by atoms with Crippen LogP contribution in [0.25, 0.3) is 71.7 Å². The molecule has 0 N–H and O–H groups in total. The molecule has 10 aromatic rings. The average molecular weight is 674 g/mol. The van der Waals surface area contributed by atoms with Crippen molar-refractivity contribution in [3.05, 3.63) is 170 Å². The summed E-state index contributed by atoms with van der Waals surface area (Å²) >= 11 is 0. The van der Waals surface area contributed by atoms with Crippen LogP contribution in [0.3, 0.4) is 0 Å². The zero-order valence-electron chi connectivity index (χ0n) is 28.5. The Morgan fingerprint density at radius 1 is 0.396 bits per heavy atom. The van der Waals surface area contributed by atoms with Gasteiger partial charge in [0.15, 0.2) is 5.58 Å². The van der Waals surface area contributed by atoms with Crippen LogP contribution in [0.4, 0.5) is 28.4 Å². The second-order valence-corrected chi connectivity index (χ2v) is 14.4. The van der Waals surface area contributed by atoms with Crippen LogP contribution >= 0.6 is 0 Å². The lowest BCUT2D eigenvalue weighted by atomic mass is 9.41. The molecule has 0 saturated heterocycles. The van der Waals surface area contributed by atoms with Crippen molar-refractivity contribution in [3.8, 4) is 27.9 Å². The van der Waals surface area contributed by atoms with Crippen molar-refractivity contribution in [2.24, 2.45) is 0 Å². The summed E-state index contributed by atoms with van der Waals surface area (Å²) in [6.07, 6.45) is 0. The van der Waals surface area contributed by atoms with Crippen LogP contribution < -0.4 is 20.6 Å². The van der Waals surface area contributed by atoms with E-state index in [0.717, 1.165) is 33.3 Å². The first-order valence-corrected chi connectivity index (χ1v) is 18.3. The van der Waals surface area contributed by atoms with Crippen LogP contribution in [0.15, 0.2) is 174 Å². The number of furan rings is 1. The van der Waals surface area contributed by atoms with Gasteiger partial charge in [0.05, 0.1) is 16.7 Å². The lowest BCUT2D eigenvalue weighted by Crippen LogP contribution is -2.63. The summed E-state index contributed by atoms with van der Waals surface area (Å²) in [4.78, 5) is 5.10. The van der Waals surface area contributed by atoms with Crippen molar-refractivity contribution in [1.82, 2.24) is 4.57 Å². The molecule has 13 rings (SSSR count). The van der Waals surface area contributed by atoms with Crippen molar-refractivity contribution in [2.45, 2.75) is 0 Å². The Morgan fingerprint density at radius 2 is 0.943 bits per heavy atom. The molecule has 0 aliphatic carbocycles. The summed E-state index contributed by atoms with van der Waals surface area (Å²) in [5.41, 5.74) is 18.9. The van der Waals surface area contributed by atoms with Crippen LogP contribution in [0.1, 0.15) is 0 Å². The topological polar surface area (TPSA) is 24.6 Å². The summed E-state index contributed by atoms with van der Waals surface area (Å²) in [7, 11) is 0. The molecule has 5 heteroatoms. The molecule has 3 aliphatic rings. The maximum absolute atomic E-state index is 6.80. The number of hydrogen-bond donors (Lipinski definition) is 0. The Balaban J connectivity index is 1.22. The first-order chi connectivity index (χ1) is 26.3. The van der Waals surface area contributed by atoms with Gasteiger partial charge in [-0.05, 0) is 76.6 Å². The molecule has 53 heavy (non-hydrogen) atoms. The van der Waals surface area contributed by atoms with Crippen LogP contribution in [-0.2, 0) is 0 Å². The summed E-state index contributed by atoms with van der Waals surface area (Å²) < 4.78 is 9.26. The fourth-order valence-corrected chi connectivity index (χ4v) is 9.85. The molecular formula is C48H28BN3O. The van der Waals surface area contributed by atoms with Crippen molar-refractivity contribution < 1.29 is 4.42 Å². The maximum Gasteiger partial charge on any atom is 0.333 e. The van der Waals surface area contributed by atoms with Gasteiger partial charge >= 0.3 is 6.85 Å². The third kappa shape index (κ3) is 3.42. The number of anilines is 5. The Kier molecular flexibility index (Phi) is 5.16. The number of aromatic nitrogens is 1. The molecule has 244 valence electrons. The summed E-state index contributed by atoms with van der Waals surface area (Å²) in [5, 5.41) is 4.76. The highest BCUT2D eigenvalue weighted by Crippen LogP contribution is 2.53. The minimum atomic E-state index is -0.00525. The maximum atomic E-state index is 6.80. The number of rotatable bonds is 2. The van der Waals surface area contributed by atoms with Gasteiger partial charge in [0.1, 0.15) is 5.58 Å². The van der Waals surface area contributed by atoms with Gasteiger partial charge in [-0.2, -0.15) is 0 Å². The van der Waals surface area contributed by atoms with Crippen LogP contribution in [0, 0.1) is 0 Å².